The molecule has 0 spiro atoms. The third-order valence-electron chi connectivity index (χ3n) is 4.01. The van der Waals surface area contributed by atoms with E-state index in [1.807, 2.05) is 12.4 Å². The summed E-state index contributed by atoms with van der Waals surface area (Å²) >= 11 is 0. The van der Waals surface area contributed by atoms with E-state index in [0.717, 1.165) is 30.5 Å². The minimum Gasteiger partial charge on any atom is -0.384 e. The molecule has 2 rings (SSSR count). The highest BCUT2D eigenvalue weighted by Crippen LogP contribution is 2.16. The first-order valence-corrected chi connectivity index (χ1v) is 7.96. The zero-order valence-corrected chi connectivity index (χ0v) is 12.9. The van der Waals surface area contributed by atoms with E-state index in [1.165, 1.54) is 38.8 Å². The summed E-state index contributed by atoms with van der Waals surface area (Å²) in [7, 11) is 0. The van der Waals surface area contributed by atoms with Crippen LogP contribution in [0.5, 0.6) is 0 Å². The predicted octanol–water partition coefficient (Wildman–Crippen LogP) is 3.19. The van der Waals surface area contributed by atoms with E-state index in [9.17, 15) is 0 Å². The second-order valence-corrected chi connectivity index (χ2v) is 5.65. The molecular weight excluding hydrogens is 248 g/mol. The van der Waals surface area contributed by atoms with Crippen molar-refractivity contribution in [1.29, 1.82) is 0 Å². The second kappa shape index (κ2) is 8.10. The largest absolute Gasteiger partial charge is 0.384 e. The Bertz CT molecular complexity index is 394. The standard InChI is InChI=1S/C16H28N4/c1-3-18-15-11-16(13-17-12-15)19-8-6-10-20-9-5-4-7-14(20)2/h11-14,18-19H,3-10H2,1-2H3. The fraction of sp³-hybridized carbons (Fsp3) is 0.688. The van der Waals surface area contributed by atoms with E-state index in [0.29, 0.717) is 0 Å². The zero-order valence-electron chi connectivity index (χ0n) is 12.9. The Morgan fingerprint density at radius 1 is 1.25 bits per heavy atom. The van der Waals surface area contributed by atoms with Gasteiger partial charge in [0.25, 0.3) is 0 Å². The summed E-state index contributed by atoms with van der Waals surface area (Å²) in [6, 6.07) is 2.89. The highest BCUT2D eigenvalue weighted by Gasteiger charge is 2.16. The molecule has 0 radical (unpaired) electrons. The number of likely N-dealkylation sites (tertiary alicyclic amines) is 1. The molecule has 1 aromatic rings. The van der Waals surface area contributed by atoms with Crippen molar-refractivity contribution in [2.24, 2.45) is 0 Å². The number of nitrogens with zero attached hydrogens (tertiary/aromatic N) is 2. The van der Waals surface area contributed by atoms with Crippen LogP contribution in [-0.2, 0) is 0 Å². The topological polar surface area (TPSA) is 40.2 Å². The third kappa shape index (κ3) is 4.67. The molecule has 2 heterocycles. The Morgan fingerprint density at radius 3 is 2.80 bits per heavy atom. The summed E-state index contributed by atoms with van der Waals surface area (Å²) < 4.78 is 0. The molecule has 1 aliphatic rings. The van der Waals surface area contributed by atoms with Gasteiger partial charge in [-0.2, -0.15) is 0 Å². The van der Waals surface area contributed by atoms with Gasteiger partial charge in [0, 0.05) is 25.7 Å². The molecule has 0 aromatic carbocycles. The molecule has 0 amide bonds. The van der Waals surface area contributed by atoms with E-state index in [2.05, 4.69) is 40.4 Å². The molecule has 0 bridgehead atoms. The summed E-state index contributed by atoms with van der Waals surface area (Å²) in [6.45, 7) is 8.88. The summed E-state index contributed by atoms with van der Waals surface area (Å²) in [5.74, 6) is 0. The molecule has 1 saturated heterocycles. The van der Waals surface area contributed by atoms with E-state index in [1.54, 1.807) is 0 Å². The van der Waals surface area contributed by atoms with Gasteiger partial charge >= 0.3 is 0 Å². The first-order valence-electron chi connectivity index (χ1n) is 7.96. The average molecular weight is 276 g/mol. The van der Waals surface area contributed by atoms with Gasteiger partial charge in [-0.05, 0) is 45.7 Å². The maximum absolute atomic E-state index is 4.25. The molecule has 1 aliphatic heterocycles. The van der Waals surface area contributed by atoms with Gasteiger partial charge in [-0.15, -0.1) is 0 Å². The molecule has 2 N–H and O–H groups in total. The summed E-state index contributed by atoms with van der Waals surface area (Å²) in [6.07, 6.45) is 9.08. The summed E-state index contributed by atoms with van der Waals surface area (Å²) in [4.78, 5) is 6.87. The van der Waals surface area contributed by atoms with E-state index < -0.39 is 0 Å². The van der Waals surface area contributed by atoms with E-state index >= 15 is 0 Å². The quantitative estimate of drug-likeness (QED) is 0.750. The maximum Gasteiger partial charge on any atom is 0.0547 e. The lowest BCUT2D eigenvalue weighted by Crippen LogP contribution is -2.38. The van der Waals surface area contributed by atoms with Crippen LogP contribution in [-0.4, -0.2) is 42.1 Å². The predicted molar refractivity (Wildman–Crippen MR) is 86.4 cm³/mol. The van der Waals surface area contributed by atoms with Crippen LogP contribution in [0.1, 0.15) is 39.5 Å². The van der Waals surface area contributed by atoms with E-state index in [4.69, 9.17) is 0 Å². The highest BCUT2D eigenvalue weighted by molar-refractivity contribution is 5.53. The fourth-order valence-corrected chi connectivity index (χ4v) is 2.84. The highest BCUT2D eigenvalue weighted by atomic mass is 15.2. The van der Waals surface area contributed by atoms with Crippen molar-refractivity contribution in [2.45, 2.75) is 45.6 Å². The molecule has 4 nitrogen and oxygen atoms in total. The van der Waals surface area contributed by atoms with Crippen molar-refractivity contribution in [3.63, 3.8) is 0 Å². The van der Waals surface area contributed by atoms with Crippen LogP contribution in [0.25, 0.3) is 0 Å². The zero-order chi connectivity index (χ0) is 14.2. The van der Waals surface area contributed by atoms with Crippen molar-refractivity contribution < 1.29 is 0 Å². The van der Waals surface area contributed by atoms with Crippen molar-refractivity contribution in [1.82, 2.24) is 9.88 Å². The maximum atomic E-state index is 4.25. The Hall–Kier alpha value is -1.29. The van der Waals surface area contributed by atoms with Crippen LogP contribution >= 0.6 is 0 Å². The average Bonchev–Trinajstić information content (AvgIpc) is 2.46. The molecule has 1 aromatic heterocycles. The molecule has 0 saturated carbocycles. The van der Waals surface area contributed by atoms with Gasteiger partial charge in [-0.1, -0.05) is 6.42 Å². The summed E-state index contributed by atoms with van der Waals surface area (Å²) in [5, 5.41) is 6.75. The first-order chi connectivity index (χ1) is 9.79. The third-order valence-corrected chi connectivity index (χ3v) is 4.01. The second-order valence-electron chi connectivity index (χ2n) is 5.65. The number of anilines is 2. The molecule has 1 fully saturated rings. The molecule has 20 heavy (non-hydrogen) atoms. The van der Waals surface area contributed by atoms with Gasteiger partial charge in [-0.25, -0.2) is 0 Å². The lowest BCUT2D eigenvalue weighted by atomic mass is 10.0. The number of piperidine rings is 1. The number of hydrogen-bond donors (Lipinski definition) is 2. The Balaban J connectivity index is 1.68. The van der Waals surface area contributed by atoms with Crippen LogP contribution in [0, 0.1) is 0 Å². The Morgan fingerprint density at radius 2 is 2.05 bits per heavy atom. The lowest BCUT2D eigenvalue weighted by molar-refractivity contribution is 0.160. The molecular formula is C16H28N4. The number of rotatable bonds is 7. The van der Waals surface area contributed by atoms with Crippen molar-refractivity contribution in [3.05, 3.63) is 18.5 Å². The van der Waals surface area contributed by atoms with Gasteiger partial charge in [0.2, 0.25) is 0 Å². The van der Waals surface area contributed by atoms with Crippen molar-refractivity contribution in [2.75, 3.05) is 36.8 Å². The summed E-state index contributed by atoms with van der Waals surface area (Å²) in [5.41, 5.74) is 2.19. The van der Waals surface area contributed by atoms with Crippen LogP contribution < -0.4 is 10.6 Å². The number of nitrogens with one attached hydrogen (secondary N) is 2. The van der Waals surface area contributed by atoms with E-state index in [-0.39, 0.29) is 0 Å². The van der Waals surface area contributed by atoms with Gasteiger partial charge in [0.1, 0.15) is 0 Å². The smallest absolute Gasteiger partial charge is 0.0547 e. The lowest BCUT2D eigenvalue weighted by Gasteiger charge is -2.33. The molecule has 1 unspecified atom stereocenters. The van der Waals surface area contributed by atoms with Gasteiger partial charge < -0.3 is 15.5 Å². The minimum absolute atomic E-state index is 0.766. The molecule has 4 heteroatoms. The Labute approximate surface area is 123 Å². The van der Waals surface area contributed by atoms with Crippen LogP contribution in [0.3, 0.4) is 0 Å². The SMILES string of the molecule is CCNc1cncc(NCCCN2CCCCC2C)c1. The number of aromatic nitrogens is 1. The molecule has 0 aliphatic carbocycles. The molecule has 1 atom stereocenters. The van der Waals surface area contributed by atoms with Crippen LogP contribution in [0.4, 0.5) is 11.4 Å². The number of hydrogen-bond acceptors (Lipinski definition) is 4. The number of pyridine rings is 1. The monoisotopic (exact) mass is 276 g/mol. The van der Waals surface area contributed by atoms with Gasteiger partial charge in [0.05, 0.1) is 23.8 Å². The van der Waals surface area contributed by atoms with Gasteiger partial charge in [-0.3, -0.25) is 4.98 Å². The first kappa shape index (κ1) is 15.1. The fourth-order valence-electron chi connectivity index (χ4n) is 2.84. The molecule has 112 valence electrons. The van der Waals surface area contributed by atoms with Crippen LogP contribution in [0.15, 0.2) is 18.5 Å². The Kier molecular flexibility index (Phi) is 6.12. The van der Waals surface area contributed by atoms with Crippen molar-refractivity contribution in [3.8, 4) is 0 Å². The minimum atomic E-state index is 0.766. The van der Waals surface area contributed by atoms with Crippen LogP contribution in [0.2, 0.25) is 0 Å². The van der Waals surface area contributed by atoms with Gasteiger partial charge in [0.15, 0.2) is 0 Å². The normalized spacial score (nSPS) is 19.8. The van der Waals surface area contributed by atoms with Crippen molar-refractivity contribution >= 4 is 11.4 Å².